The van der Waals surface area contributed by atoms with E-state index in [2.05, 4.69) is 0 Å². The molecule has 2 heterocycles. The first-order chi connectivity index (χ1) is 16.7. The SMILES string of the molecule is CC1(C)CC(=O)c2cc(Cc3cccc([N+](=O)[O-])c3)c(=O)n(-c3nc(-c4ccccc4)cs3)c2C1. The molecule has 2 aromatic carbocycles. The predicted octanol–water partition coefficient (Wildman–Crippen LogP) is 5.62. The number of non-ortho nitro benzene ring substituents is 1. The van der Waals surface area contributed by atoms with Crippen LogP contribution in [0.2, 0.25) is 0 Å². The van der Waals surface area contributed by atoms with E-state index >= 15 is 0 Å². The van der Waals surface area contributed by atoms with E-state index in [4.69, 9.17) is 4.98 Å². The van der Waals surface area contributed by atoms with Crippen molar-refractivity contribution < 1.29 is 9.72 Å². The molecule has 0 N–H and O–H groups in total. The second kappa shape index (κ2) is 8.70. The van der Waals surface area contributed by atoms with Crippen LogP contribution in [0.1, 0.15) is 47.4 Å². The second-order valence-corrected chi connectivity index (χ2v) is 10.4. The lowest BCUT2D eigenvalue weighted by atomic mass is 9.75. The molecule has 1 aliphatic rings. The molecule has 0 aliphatic heterocycles. The number of hydrogen-bond donors (Lipinski definition) is 0. The van der Waals surface area contributed by atoms with Crippen molar-refractivity contribution in [3.8, 4) is 16.4 Å². The van der Waals surface area contributed by atoms with Crippen LogP contribution in [-0.2, 0) is 12.8 Å². The Morgan fingerprint density at radius 1 is 1.06 bits per heavy atom. The average molecular weight is 486 g/mol. The first-order valence-corrected chi connectivity index (χ1v) is 12.2. The molecule has 0 unspecified atom stereocenters. The van der Waals surface area contributed by atoms with Crippen LogP contribution in [0.25, 0.3) is 16.4 Å². The Bertz CT molecular complexity index is 1520. The monoisotopic (exact) mass is 485 g/mol. The van der Waals surface area contributed by atoms with Crippen LogP contribution >= 0.6 is 11.3 Å². The first-order valence-electron chi connectivity index (χ1n) is 11.3. The number of nitro groups is 1. The first kappa shape index (κ1) is 22.9. The van der Waals surface area contributed by atoms with E-state index < -0.39 is 4.92 Å². The lowest BCUT2D eigenvalue weighted by Gasteiger charge is -2.31. The van der Waals surface area contributed by atoms with Gasteiger partial charge in [0.05, 0.1) is 10.6 Å². The Morgan fingerprint density at radius 2 is 1.83 bits per heavy atom. The topological polar surface area (TPSA) is 95.1 Å². The van der Waals surface area contributed by atoms with Gasteiger partial charge in [-0.3, -0.25) is 24.3 Å². The van der Waals surface area contributed by atoms with Gasteiger partial charge in [-0.1, -0.05) is 56.3 Å². The van der Waals surface area contributed by atoms with Gasteiger partial charge >= 0.3 is 0 Å². The smallest absolute Gasteiger partial charge is 0.269 e. The highest BCUT2D eigenvalue weighted by Gasteiger charge is 2.34. The van der Waals surface area contributed by atoms with Crippen LogP contribution in [0.3, 0.4) is 0 Å². The number of pyridine rings is 1. The van der Waals surface area contributed by atoms with Gasteiger partial charge in [0.2, 0.25) is 0 Å². The van der Waals surface area contributed by atoms with Crippen molar-refractivity contribution in [1.82, 2.24) is 9.55 Å². The number of ketones is 1. The van der Waals surface area contributed by atoms with Gasteiger partial charge < -0.3 is 0 Å². The van der Waals surface area contributed by atoms with Crippen molar-refractivity contribution in [2.45, 2.75) is 33.1 Å². The van der Waals surface area contributed by atoms with Crippen molar-refractivity contribution in [2.75, 3.05) is 0 Å². The number of nitro benzene ring substituents is 1. The number of benzene rings is 2. The third-order valence-corrected chi connectivity index (χ3v) is 7.06. The summed E-state index contributed by atoms with van der Waals surface area (Å²) in [6.07, 6.45) is 1.14. The average Bonchev–Trinajstić information content (AvgIpc) is 3.30. The van der Waals surface area contributed by atoms with Gasteiger partial charge in [-0.2, -0.15) is 0 Å². The zero-order valence-electron chi connectivity index (χ0n) is 19.4. The second-order valence-electron chi connectivity index (χ2n) is 9.60. The quantitative estimate of drug-likeness (QED) is 0.270. The van der Waals surface area contributed by atoms with Gasteiger partial charge in [0.1, 0.15) is 0 Å². The molecule has 7 nitrogen and oxygen atoms in total. The van der Waals surface area contributed by atoms with Crippen molar-refractivity contribution in [2.24, 2.45) is 5.41 Å². The van der Waals surface area contributed by atoms with Crippen LogP contribution in [0.4, 0.5) is 5.69 Å². The molecule has 1 aliphatic carbocycles. The molecule has 0 atom stereocenters. The number of fused-ring (bicyclic) bond motifs is 1. The van der Waals surface area contributed by atoms with Crippen LogP contribution in [0, 0.1) is 15.5 Å². The molecule has 0 radical (unpaired) electrons. The molecule has 2 aromatic heterocycles. The largest absolute Gasteiger partial charge is 0.294 e. The molecule has 5 rings (SSSR count). The fourth-order valence-electron chi connectivity index (χ4n) is 4.60. The van der Waals surface area contributed by atoms with E-state index in [1.807, 2.05) is 49.6 Å². The number of carbonyl (C=O) groups excluding carboxylic acids is 1. The van der Waals surface area contributed by atoms with Crippen molar-refractivity contribution >= 4 is 22.8 Å². The molecule has 0 fully saturated rings. The van der Waals surface area contributed by atoms with E-state index in [1.165, 1.54) is 23.5 Å². The predicted molar refractivity (Wildman–Crippen MR) is 135 cm³/mol. The zero-order chi connectivity index (χ0) is 24.7. The van der Waals surface area contributed by atoms with Crippen LogP contribution in [0.5, 0.6) is 0 Å². The Labute approximate surface area is 205 Å². The number of Topliss-reactive ketones (excluding diaryl/α,β-unsaturated/α-hetero) is 1. The van der Waals surface area contributed by atoms with E-state index in [0.717, 1.165) is 11.3 Å². The number of aromatic nitrogens is 2. The summed E-state index contributed by atoms with van der Waals surface area (Å²) < 4.78 is 1.58. The maximum atomic E-state index is 13.8. The molecule has 0 saturated heterocycles. The standard InChI is InChI=1S/C27H23N3O4S/c1-27(2)14-23-21(24(31)15-27)13-19(11-17-7-6-10-20(12-17)30(33)34)25(32)29(23)26-28-22(16-35-26)18-8-4-3-5-9-18/h3-10,12-13,16H,11,14-15H2,1-2H3. The molecular weight excluding hydrogens is 462 g/mol. The Hall–Kier alpha value is -3.91. The molecule has 0 bridgehead atoms. The minimum Gasteiger partial charge on any atom is -0.294 e. The molecule has 8 heteroatoms. The molecule has 0 spiro atoms. The summed E-state index contributed by atoms with van der Waals surface area (Å²) in [4.78, 5) is 42.5. The van der Waals surface area contributed by atoms with E-state index in [1.54, 1.807) is 22.8 Å². The molecule has 4 aromatic rings. The van der Waals surface area contributed by atoms with Crippen molar-refractivity contribution in [1.29, 1.82) is 0 Å². The molecule has 176 valence electrons. The normalized spacial score (nSPS) is 14.5. The number of rotatable bonds is 5. The highest BCUT2D eigenvalue weighted by Crippen LogP contribution is 2.36. The van der Waals surface area contributed by atoms with Crippen molar-refractivity contribution in [3.05, 3.63) is 109 Å². The number of hydrogen-bond acceptors (Lipinski definition) is 6. The van der Waals surface area contributed by atoms with Gasteiger partial charge in [0.25, 0.3) is 11.2 Å². The third-order valence-electron chi connectivity index (χ3n) is 6.23. The summed E-state index contributed by atoms with van der Waals surface area (Å²) in [5.74, 6) is -0.00914. The summed E-state index contributed by atoms with van der Waals surface area (Å²) >= 11 is 1.36. The number of thiazole rings is 1. The number of nitrogens with zero attached hydrogens (tertiary/aromatic N) is 3. The molecule has 0 amide bonds. The summed E-state index contributed by atoms with van der Waals surface area (Å²) in [6.45, 7) is 4.05. The highest BCUT2D eigenvalue weighted by atomic mass is 32.1. The lowest BCUT2D eigenvalue weighted by molar-refractivity contribution is -0.384. The summed E-state index contributed by atoms with van der Waals surface area (Å²) in [7, 11) is 0. The maximum absolute atomic E-state index is 13.8. The van der Waals surface area contributed by atoms with E-state index in [9.17, 15) is 19.7 Å². The highest BCUT2D eigenvalue weighted by molar-refractivity contribution is 7.12. The fraction of sp³-hybridized carbons (Fsp3) is 0.222. The van der Waals surface area contributed by atoms with Crippen LogP contribution in [-0.4, -0.2) is 20.3 Å². The van der Waals surface area contributed by atoms with Gasteiger partial charge in [-0.15, -0.1) is 11.3 Å². The fourth-order valence-corrected chi connectivity index (χ4v) is 5.46. The minimum atomic E-state index is -0.457. The van der Waals surface area contributed by atoms with Crippen LogP contribution in [0.15, 0.2) is 70.8 Å². The Kier molecular flexibility index (Phi) is 5.68. The zero-order valence-corrected chi connectivity index (χ0v) is 20.2. The summed E-state index contributed by atoms with van der Waals surface area (Å²) in [5, 5.41) is 13.6. The molecular formula is C27H23N3O4S. The Morgan fingerprint density at radius 3 is 2.57 bits per heavy atom. The Balaban J connectivity index is 1.67. The van der Waals surface area contributed by atoms with Crippen LogP contribution < -0.4 is 5.56 Å². The van der Waals surface area contributed by atoms with Gasteiger partial charge in [0.15, 0.2) is 10.9 Å². The summed E-state index contributed by atoms with van der Waals surface area (Å²) in [6, 6.07) is 17.6. The maximum Gasteiger partial charge on any atom is 0.269 e. The van der Waals surface area contributed by atoms with Crippen molar-refractivity contribution in [3.63, 3.8) is 0 Å². The third kappa shape index (κ3) is 4.44. The van der Waals surface area contributed by atoms with Gasteiger partial charge in [-0.05, 0) is 23.5 Å². The molecule has 35 heavy (non-hydrogen) atoms. The summed E-state index contributed by atoms with van der Waals surface area (Å²) in [5.41, 5.74) is 3.39. The lowest BCUT2D eigenvalue weighted by Crippen LogP contribution is -2.35. The minimum absolute atomic E-state index is 0.00914. The molecule has 0 saturated carbocycles. The van der Waals surface area contributed by atoms with E-state index in [-0.39, 0.29) is 28.9 Å². The van der Waals surface area contributed by atoms with E-state index in [0.29, 0.717) is 40.4 Å². The number of carbonyl (C=O) groups is 1. The van der Waals surface area contributed by atoms with Gasteiger partial charge in [-0.25, -0.2) is 4.98 Å². The van der Waals surface area contributed by atoms with Gasteiger partial charge in [0, 0.05) is 52.7 Å².